The Labute approximate surface area is 119 Å². The molecule has 0 radical (unpaired) electrons. The van der Waals surface area contributed by atoms with Gasteiger partial charge >= 0.3 is 5.97 Å². The van der Waals surface area contributed by atoms with Crippen molar-refractivity contribution in [2.24, 2.45) is 7.05 Å². The average molecular weight is 284 g/mol. The first kappa shape index (κ1) is 13.0. The summed E-state index contributed by atoms with van der Waals surface area (Å²) >= 11 is 0. The minimum absolute atomic E-state index is 0.213. The maximum Gasteiger partial charge on any atom is 0.335 e. The van der Waals surface area contributed by atoms with E-state index in [0.29, 0.717) is 17.3 Å². The summed E-state index contributed by atoms with van der Waals surface area (Å²) in [5, 5.41) is 16.9. The number of hydrogen-bond acceptors (Lipinski definition) is 5. The van der Waals surface area contributed by atoms with E-state index >= 15 is 0 Å². The number of benzene rings is 1. The van der Waals surface area contributed by atoms with Crippen LogP contribution in [0.2, 0.25) is 0 Å². The Morgan fingerprint density at radius 2 is 2.00 bits per heavy atom. The quantitative estimate of drug-likeness (QED) is 0.791. The summed E-state index contributed by atoms with van der Waals surface area (Å²) in [6.45, 7) is 1.91. The minimum Gasteiger partial charge on any atom is -0.478 e. The van der Waals surface area contributed by atoms with Crippen LogP contribution in [-0.2, 0) is 7.05 Å². The van der Waals surface area contributed by atoms with Crippen LogP contribution in [-0.4, -0.2) is 31.0 Å². The van der Waals surface area contributed by atoms with E-state index in [1.54, 1.807) is 23.0 Å². The van der Waals surface area contributed by atoms with Gasteiger partial charge in [-0.15, -0.1) is 0 Å². The lowest BCUT2D eigenvalue weighted by Gasteiger charge is -1.96. The summed E-state index contributed by atoms with van der Waals surface area (Å²) in [4.78, 5) is 15.1. The van der Waals surface area contributed by atoms with E-state index in [0.717, 1.165) is 11.3 Å². The molecule has 7 heteroatoms. The maximum absolute atomic E-state index is 10.8. The number of rotatable bonds is 3. The van der Waals surface area contributed by atoms with Crippen molar-refractivity contribution in [3.63, 3.8) is 0 Å². The van der Waals surface area contributed by atoms with Crippen LogP contribution in [0.1, 0.15) is 16.1 Å². The predicted octanol–water partition coefficient (Wildman–Crippen LogP) is 2.14. The van der Waals surface area contributed by atoms with Crippen LogP contribution in [0.15, 0.2) is 35.0 Å². The number of carboxylic acid groups (broad SMARTS) is 1. The Kier molecular flexibility index (Phi) is 3.02. The first-order valence-electron chi connectivity index (χ1n) is 6.22. The lowest BCUT2D eigenvalue weighted by molar-refractivity contribution is 0.0697. The molecule has 1 aromatic carbocycles. The van der Waals surface area contributed by atoms with Gasteiger partial charge in [0.05, 0.1) is 17.3 Å². The van der Waals surface area contributed by atoms with Gasteiger partial charge in [0.2, 0.25) is 5.82 Å². The number of carbonyl (C=O) groups is 1. The van der Waals surface area contributed by atoms with Crippen LogP contribution < -0.4 is 0 Å². The fourth-order valence-corrected chi connectivity index (χ4v) is 1.92. The summed E-state index contributed by atoms with van der Waals surface area (Å²) in [5.74, 6) is -0.176. The molecule has 7 nitrogen and oxygen atoms in total. The third kappa shape index (κ3) is 2.29. The summed E-state index contributed by atoms with van der Waals surface area (Å²) in [7, 11) is 1.83. The van der Waals surface area contributed by atoms with Gasteiger partial charge in [-0.25, -0.2) is 4.79 Å². The molecule has 0 saturated carbocycles. The smallest absolute Gasteiger partial charge is 0.335 e. The van der Waals surface area contributed by atoms with E-state index in [1.165, 1.54) is 12.1 Å². The molecule has 0 bridgehead atoms. The Balaban J connectivity index is 1.94. The van der Waals surface area contributed by atoms with Crippen molar-refractivity contribution in [2.45, 2.75) is 6.92 Å². The fourth-order valence-electron chi connectivity index (χ4n) is 1.92. The summed E-state index contributed by atoms with van der Waals surface area (Å²) in [6, 6.07) is 6.30. The highest BCUT2D eigenvalue weighted by Gasteiger charge is 2.15. The predicted molar refractivity (Wildman–Crippen MR) is 73.6 cm³/mol. The van der Waals surface area contributed by atoms with Crippen molar-refractivity contribution in [2.75, 3.05) is 0 Å². The highest BCUT2D eigenvalue weighted by atomic mass is 16.5. The second kappa shape index (κ2) is 4.86. The molecule has 2 heterocycles. The van der Waals surface area contributed by atoms with Crippen molar-refractivity contribution < 1.29 is 14.4 Å². The normalized spacial score (nSPS) is 10.8. The lowest BCUT2D eigenvalue weighted by Crippen LogP contribution is -1.95. The zero-order valence-corrected chi connectivity index (χ0v) is 11.4. The Bertz CT molecular complexity index is 802. The topological polar surface area (TPSA) is 94.0 Å². The van der Waals surface area contributed by atoms with Gasteiger partial charge < -0.3 is 9.63 Å². The van der Waals surface area contributed by atoms with Crippen molar-refractivity contribution in [1.29, 1.82) is 0 Å². The van der Waals surface area contributed by atoms with Crippen molar-refractivity contribution >= 4 is 5.97 Å². The number of nitrogens with zero attached hydrogens (tertiary/aromatic N) is 4. The highest BCUT2D eigenvalue weighted by Crippen LogP contribution is 2.24. The largest absolute Gasteiger partial charge is 0.478 e. The monoisotopic (exact) mass is 284 g/mol. The van der Waals surface area contributed by atoms with Gasteiger partial charge in [0.25, 0.3) is 5.89 Å². The molecular formula is C14H12N4O3. The van der Waals surface area contributed by atoms with Crippen LogP contribution in [0.3, 0.4) is 0 Å². The number of hydrogen-bond donors (Lipinski definition) is 1. The van der Waals surface area contributed by atoms with E-state index < -0.39 is 5.97 Å². The number of aromatic nitrogens is 4. The minimum atomic E-state index is -0.971. The van der Waals surface area contributed by atoms with Gasteiger partial charge in [-0.3, -0.25) is 4.68 Å². The molecule has 0 fully saturated rings. The van der Waals surface area contributed by atoms with E-state index in [1.807, 2.05) is 14.0 Å². The van der Waals surface area contributed by atoms with E-state index in [2.05, 4.69) is 15.2 Å². The molecular weight excluding hydrogens is 272 g/mol. The SMILES string of the molecule is Cc1c(-c2nc(-c3ccc(C(=O)O)cc3)no2)cnn1C. The van der Waals surface area contributed by atoms with Crippen molar-refractivity contribution in [3.05, 3.63) is 41.7 Å². The molecule has 0 aliphatic carbocycles. The first-order valence-corrected chi connectivity index (χ1v) is 6.22. The molecule has 2 aromatic heterocycles. The zero-order valence-electron chi connectivity index (χ0n) is 11.4. The fraction of sp³-hybridized carbons (Fsp3) is 0.143. The van der Waals surface area contributed by atoms with E-state index in [4.69, 9.17) is 9.63 Å². The standard InChI is InChI=1S/C14H12N4O3/c1-8-11(7-15-18(8)2)13-16-12(17-21-13)9-3-5-10(6-4-9)14(19)20/h3-7H,1-2H3,(H,19,20). The summed E-state index contributed by atoms with van der Waals surface area (Å²) in [6.07, 6.45) is 1.67. The van der Waals surface area contributed by atoms with Gasteiger partial charge in [-0.1, -0.05) is 17.3 Å². The van der Waals surface area contributed by atoms with Crippen molar-refractivity contribution in [1.82, 2.24) is 19.9 Å². The Morgan fingerprint density at radius 1 is 1.29 bits per heavy atom. The molecule has 0 spiro atoms. The zero-order chi connectivity index (χ0) is 15.0. The molecule has 0 saturated heterocycles. The van der Waals surface area contributed by atoms with Gasteiger partial charge in [0.1, 0.15) is 0 Å². The average Bonchev–Trinajstić information content (AvgIpc) is 3.07. The molecule has 106 valence electrons. The second-order valence-corrected chi connectivity index (χ2v) is 4.57. The van der Waals surface area contributed by atoms with Crippen LogP contribution in [0, 0.1) is 6.92 Å². The molecule has 21 heavy (non-hydrogen) atoms. The number of aromatic carboxylic acids is 1. The van der Waals surface area contributed by atoms with Gasteiger partial charge in [0, 0.05) is 18.3 Å². The second-order valence-electron chi connectivity index (χ2n) is 4.57. The molecule has 0 aliphatic rings. The Morgan fingerprint density at radius 3 is 2.57 bits per heavy atom. The third-order valence-electron chi connectivity index (χ3n) is 3.28. The number of carboxylic acids is 1. The van der Waals surface area contributed by atoms with Gasteiger partial charge in [0.15, 0.2) is 0 Å². The first-order chi connectivity index (χ1) is 10.1. The molecule has 0 aliphatic heterocycles. The van der Waals surface area contributed by atoms with Gasteiger partial charge in [-0.2, -0.15) is 10.1 Å². The van der Waals surface area contributed by atoms with Crippen molar-refractivity contribution in [3.8, 4) is 22.8 Å². The van der Waals surface area contributed by atoms with Crippen LogP contribution in [0.5, 0.6) is 0 Å². The molecule has 0 atom stereocenters. The molecule has 0 amide bonds. The van der Waals surface area contributed by atoms with E-state index in [9.17, 15) is 4.79 Å². The molecule has 1 N–H and O–H groups in total. The van der Waals surface area contributed by atoms with E-state index in [-0.39, 0.29) is 5.56 Å². The molecule has 0 unspecified atom stereocenters. The maximum atomic E-state index is 10.8. The van der Waals surface area contributed by atoms with Crippen LogP contribution in [0.25, 0.3) is 22.8 Å². The van der Waals surface area contributed by atoms with Gasteiger partial charge in [-0.05, 0) is 19.1 Å². The summed E-state index contributed by atoms with van der Waals surface area (Å²) in [5.41, 5.74) is 2.60. The molecule has 3 aromatic rings. The lowest BCUT2D eigenvalue weighted by atomic mass is 10.1. The Hall–Kier alpha value is -2.96. The van der Waals surface area contributed by atoms with Crippen LogP contribution in [0.4, 0.5) is 0 Å². The number of aryl methyl sites for hydroxylation is 1. The third-order valence-corrected chi connectivity index (χ3v) is 3.28. The van der Waals surface area contributed by atoms with Crippen LogP contribution >= 0.6 is 0 Å². The highest BCUT2D eigenvalue weighted by molar-refractivity contribution is 5.88. The summed E-state index contributed by atoms with van der Waals surface area (Å²) < 4.78 is 6.97. The molecule has 3 rings (SSSR count).